The lowest BCUT2D eigenvalue weighted by Gasteiger charge is -2.11. The second-order valence-corrected chi connectivity index (χ2v) is 6.10. The predicted octanol–water partition coefficient (Wildman–Crippen LogP) is 3.08. The molecule has 2 heterocycles. The predicted molar refractivity (Wildman–Crippen MR) is 119 cm³/mol. The summed E-state index contributed by atoms with van der Waals surface area (Å²) in [6.45, 7) is 1.55. The Morgan fingerprint density at radius 1 is 1.04 bits per heavy atom. The lowest BCUT2D eigenvalue weighted by atomic mass is 10.2. The molecular weight excluding hydrogens is 469 g/mol. The van der Waals surface area contributed by atoms with Crippen molar-refractivity contribution < 1.29 is 9.47 Å². The molecule has 0 spiro atoms. The van der Waals surface area contributed by atoms with Gasteiger partial charge in [0.05, 0.1) is 11.9 Å². The van der Waals surface area contributed by atoms with Gasteiger partial charge in [-0.2, -0.15) is 5.10 Å². The van der Waals surface area contributed by atoms with Gasteiger partial charge >= 0.3 is 0 Å². The molecule has 146 valence electrons. The first-order valence-corrected chi connectivity index (χ1v) is 8.74. The standard InChI is InChI=1S/C20H21N5O2.HI/c1-21-20(22-10-15-7-8-18-19(9-15)27-14-26-18)23-11-16-12-24-25(13-16)17-5-3-2-4-6-17;/h2-9,12-13H,10-11,14H2,1H3,(H2,21,22,23);1H. The third-order valence-electron chi connectivity index (χ3n) is 4.24. The van der Waals surface area contributed by atoms with Crippen LogP contribution in [0.15, 0.2) is 65.9 Å². The van der Waals surface area contributed by atoms with Crippen LogP contribution < -0.4 is 20.1 Å². The molecule has 4 rings (SSSR count). The molecule has 0 atom stereocenters. The van der Waals surface area contributed by atoms with Crippen molar-refractivity contribution in [2.75, 3.05) is 13.8 Å². The summed E-state index contributed by atoms with van der Waals surface area (Å²) in [5.74, 6) is 2.29. The van der Waals surface area contributed by atoms with Crippen molar-refractivity contribution in [1.82, 2.24) is 20.4 Å². The molecule has 28 heavy (non-hydrogen) atoms. The van der Waals surface area contributed by atoms with Gasteiger partial charge in [-0.3, -0.25) is 4.99 Å². The molecule has 0 amide bonds. The van der Waals surface area contributed by atoms with Gasteiger partial charge < -0.3 is 20.1 Å². The van der Waals surface area contributed by atoms with Crippen molar-refractivity contribution in [2.45, 2.75) is 13.1 Å². The number of nitrogens with zero attached hydrogens (tertiary/aromatic N) is 3. The fourth-order valence-electron chi connectivity index (χ4n) is 2.82. The van der Waals surface area contributed by atoms with E-state index < -0.39 is 0 Å². The number of hydrogen-bond donors (Lipinski definition) is 2. The zero-order valence-corrected chi connectivity index (χ0v) is 17.8. The quantitative estimate of drug-likeness (QED) is 0.326. The summed E-state index contributed by atoms with van der Waals surface area (Å²) < 4.78 is 12.6. The third kappa shape index (κ3) is 4.75. The molecule has 2 aromatic carbocycles. The molecule has 1 aliphatic heterocycles. The number of ether oxygens (including phenoxy) is 2. The topological polar surface area (TPSA) is 72.7 Å². The number of fused-ring (bicyclic) bond motifs is 1. The highest BCUT2D eigenvalue weighted by Crippen LogP contribution is 2.32. The molecule has 0 radical (unpaired) electrons. The molecule has 1 aromatic heterocycles. The van der Waals surface area contributed by atoms with Crippen LogP contribution in [-0.4, -0.2) is 29.6 Å². The Bertz CT molecular complexity index is 943. The molecule has 0 aliphatic carbocycles. The number of halogens is 1. The maximum atomic E-state index is 5.41. The number of aliphatic imine (C=N–C) groups is 1. The lowest BCUT2D eigenvalue weighted by molar-refractivity contribution is 0.174. The summed E-state index contributed by atoms with van der Waals surface area (Å²) in [4.78, 5) is 4.27. The molecule has 0 fully saturated rings. The van der Waals surface area contributed by atoms with Crippen LogP contribution in [0.1, 0.15) is 11.1 Å². The van der Waals surface area contributed by atoms with Crippen LogP contribution in [0, 0.1) is 0 Å². The molecule has 3 aromatic rings. The van der Waals surface area contributed by atoms with Crippen molar-refractivity contribution in [3.05, 3.63) is 72.1 Å². The van der Waals surface area contributed by atoms with Gasteiger partial charge in [-0.15, -0.1) is 24.0 Å². The Balaban J connectivity index is 0.00000225. The van der Waals surface area contributed by atoms with Crippen LogP contribution in [0.2, 0.25) is 0 Å². The monoisotopic (exact) mass is 491 g/mol. The van der Waals surface area contributed by atoms with E-state index in [-0.39, 0.29) is 30.8 Å². The fraction of sp³-hybridized carbons (Fsp3) is 0.200. The normalized spacial score (nSPS) is 12.4. The van der Waals surface area contributed by atoms with Gasteiger partial charge in [-0.05, 0) is 29.8 Å². The van der Waals surface area contributed by atoms with Crippen molar-refractivity contribution >= 4 is 29.9 Å². The van der Waals surface area contributed by atoms with Crippen molar-refractivity contribution in [2.24, 2.45) is 4.99 Å². The number of guanidine groups is 1. The maximum absolute atomic E-state index is 5.41. The third-order valence-corrected chi connectivity index (χ3v) is 4.24. The zero-order valence-electron chi connectivity index (χ0n) is 15.5. The highest BCUT2D eigenvalue weighted by atomic mass is 127. The van der Waals surface area contributed by atoms with Crippen LogP contribution in [0.3, 0.4) is 0 Å². The number of benzene rings is 2. The fourth-order valence-corrected chi connectivity index (χ4v) is 2.82. The summed E-state index contributed by atoms with van der Waals surface area (Å²) in [6, 6.07) is 15.9. The summed E-state index contributed by atoms with van der Waals surface area (Å²) in [6.07, 6.45) is 3.86. The average molecular weight is 491 g/mol. The summed E-state index contributed by atoms with van der Waals surface area (Å²) in [5.41, 5.74) is 3.21. The van der Waals surface area contributed by atoms with Gasteiger partial charge in [-0.1, -0.05) is 24.3 Å². The lowest BCUT2D eigenvalue weighted by Crippen LogP contribution is -2.36. The van der Waals surface area contributed by atoms with Crippen LogP contribution in [0.5, 0.6) is 11.5 Å². The van der Waals surface area contributed by atoms with E-state index in [4.69, 9.17) is 9.47 Å². The Kier molecular flexibility index (Phi) is 6.75. The van der Waals surface area contributed by atoms with E-state index in [0.717, 1.165) is 34.3 Å². The number of rotatable bonds is 5. The first-order valence-electron chi connectivity index (χ1n) is 8.74. The Labute approximate surface area is 180 Å². The van der Waals surface area contributed by atoms with E-state index >= 15 is 0 Å². The summed E-state index contributed by atoms with van der Waals surface area (Å²) in [7, 11) is 1.75. The first kappa shape index (κ1) is 20.0. The van der Waals surface area contributed by atoms with Gasteiger partial charge in [-0.25, -0.2) is 4.68 Å². The number of para-hydroxylation sites is 1. The SMILES string of the molecule is CN=C(NCc1ccc2c(c1)OCO2)NCc1cnn(-c2ccccc2)c1.I. The second kappa shape index (κ2) is 9.45. The van der Waals surface area contributed by atoms with Crippen LogP contribution in [0.25, 0.3) is 5.69 Å². The van der Waals surface area contributed by atoms with Crippen LogP contribution in [-0.2, 0) is 13.1 Å². The molecule has 0 bridgehead atoms. The van der Waals surface area contributed by atoms with E-state index in [2.05, 4.69) is 20.7 Å². The minimum Gasteiger partial charge on any atom is -0.454 e. The molecule has 7 nitrogen and oxygen atoms in total. The molecule has 0 unspecified atom stereocenters. The molecule has 2 N–H and O–H groups in total. The maximum Gasteiger partial charge on any atom is 0.231 e. The Hall–Kier alpha value is -2.75. The van der Waals surface area contributed by atoms with Crippen LogP contribution >= 0.6 is 24.0 Å². The molecule has 1 aliphatic rings. The highest BCUT2D eigenvalue weighted by molar-refractivity contribution is 14.0. The van der Waals surface area contributed by atoms with Gasteiger partial charge in [0.15, 0.2) is 17.5 Å². The van der Waals surface area contributed by atoms with Gasteiger partial charge in [0.25, 0.3) is 0 Å². The molecule has 0 saturated heterocycles. The zero-order chi connectivity index (χ0) is 18.5. The molecule has 0 saturated carbocycles. The highest BCUT2D eigenvalue weighted by Gasteiger charge is 2.13. The number of nitrogens with one attached hydrogen (secondary N) is 2. The average Bonchev–Trinajstić information content (AvgIpc) is 3.38. The van der Waals surface area contributed by atoms with E-state index in [0.29, 0.717) is 13.1 Å². The van der Waals surface area contributed by atoms with Crippen molar-refractivity contribution in [1.29, 1.82) is 0 Å². The van der Waals surface area contributed by atoms with Crippen molar-refractivity contribution in [3.63, 3.8) is 0 Å². The Morgan fingerprint density at radius 2 is 1.79 bits per heavy atom. The smallest absolute Gasteiger partial charge is 0.231 e. The molecular formula is C20H22IN5O2. The van der Waals surface area contributed by atoms with Crippen LogP contribution in [0.4, 0.5) is 0 Å². The van der Waals surface area contributed by atoms with Gasteiger partial charge in [0.2, 0.25) is 6.79 Å². The van der Waals surface area contributed by atoms with Gasteiger partial charge in [0.1, 0.15) is 0 Å². The number of aromatic nitrogens is 2. The number of hydrogen-bond acceptors (Lipinski definition) is 4. The van der Waals surface area contributed by atoms with Gasteiger partial charge in [0, 0.05) is 31.9 Å². The van der Waals surface area contributed by atoms with Crippen molar-refractivity contribution in [3.8, 4) is 17.2 Å². The molecule has 8 heteroatoms. The first-order chi connectivity index (χ1) is 13.3. The summed E-state index contributed by atoms with van der Waals surface area (Å²) >= 11 is 0. The largest absolute Gasteiger partial charge is 0.454 e. The van der Waals surface area contributed by atoms with E-state index in [1.807, 2.05) is 65.6 Å². The Morgan fingerprint density at radius 3 is 2.57 bits per heavy atom. The van der Waals surface area contributed by atoms with E-state index in [1.165, 1.54) is 0 Å². The second-order valence-electron chi connectivity index (χ2n) is 6.10. The summed E-state index contributed by atoms with van der Waals surface area (Å²) in [5, 5.41) is 11.0. The van der Waals surface area contributed by atoms with E-state index in [1.54, 1.807) is 7.05 Å². The minimum atomic E-state index is 0. The van der Waals surface area contributed by atoms with E-state index in [9.17, 15) is 0 Å². The minimum absolute atomic E-state index is 0.